The van der Waals surface area contributed by atoms with Gasteiger partial charge in [-0.1, -0.05) is 12.1 Å². The number of fused-ring (bicyclic) bond motifs is 1. The van der Waals surface area contributed by atoms with Crippen LogP contribution in [0.3, 0.4) is 0 Å². The Balaban J connectivity index is 1.95. The van der Waals surface area contributed by atoms with Gasteiger partial charge < -0.3 is 15.0 Å². The molecule has 2 aromatic rings. The molecule has 1 aromatic carbocycles. The number of pyridine rings is 1. The highest BCUT2D eigenvalue weighted by Gasteiger charge is 2.31. The smallest absolute Gasteiger partial charge is 0.406 e. The molecule has 3 rings (SSSR count). The normalized spacial score (nSPS) is 14.3. The summed E-state index contributed by atoms with van der Waals surface area (Å²) in [6.07, 6.45) is -1.13. The molecule has 0 aliphatic carbocycles. The largest absolute Gasteiger partial charge is 0.573 e. The van der Waals surface area contributed by atoms with Crippen LogP contribution < -0.4 is 15.0 Å². The molecule has 0 spiro atoms. The molecule has 0 atom stereocenters. The van der Waals surface area contributed by atoms with E-state index in [9.17, 15) is 13.2 Å². The van der Waals surface area contributed by atoms with Crippen molar-refractivity contribution in [2.45, 2.75) is 19.2 Å². The summed E-state index contributed by atoms with van der Waals surface area (Å²) in [7, 11) is 1.90. The number of rotatable bonds is 5. The average molecular weight is 351 g/mol. The first kappa shape index (κ1) is 17.5. The van der Waals surface area contributed by atoms with Crippen molar-refractivity contribution in [3.63, 3.8) is 0 Å². The second-order valence-electron chi connectivity index (χ2n) is 5.93. The molecular weight excluding hydrogens is 331 g/mol. The van der Waals surface area contributed by atoms with Crippen molar-refractivity contribution in [2.24, 2.45) is 0 Å². The van der Waals surface area contributed by atoms with Crippen LogP contribution in [0.4, 0.5) is 19.0 Å². The van der Waals surface area contributed by atoms with Crippen LogP contribution in [0.25, 0.3) is 11.1 Å². The van der Waals surface area contributed by atoms with Gasteiger partial charge in [-0.3, -0.25) is 0 Å². The third kappa shape index (κ3) is 4.22. The summed E-state index contributed by atoms with van der Waals surface area (Å²) in [5, 5.41) is 3.13. The summed E-state index contributed by atoms with van der Waals surface area (Å²) < 4.78 is 41.5. The lowest BCUT2D eigenvalue weighted by molar-refractivity contribution is -0.274. The predicted octanol–water partition coefficient (Wildman–Crippen LogP) is 3.62. The highest BCUT2D eigenvalue weighted by molar-refractivity contribution is 5.74. The van der Waals surface area contributed by atoms with Crippen molar-refractivity contribution < 1.29 is 17.9 Å². The number of halogens is 3. The van der Waals surface area contributed by atoms with Crippen LogP contribution in [0.5, 0.6) is 5.75 Å². The van der Waals surface area contributed by atoms with Gasteiger partial charge in [-0.2, -0.15) is 0 Å². The number of benzene rings is 1. The van der Waals surface area contributed by atoms with Crippen LogP contribution in [0.15, 0.2) is 36.5 Å². The molecule has 0 bridgehead atoms. The Bertz CT molecular complexity index is 734. The Morgan fingerprint density at radius 3 is 2.88 bits per heavy atom. The monoisotopic (exact) mass is 351 g/mol. The number of likely N-dealkylation sites (N-methyl/N-ethyl adjacent to an activating group) is 1. The second-order valence-corrected chi connectivity index (χ2v) is 5.93. The number of hydrogen-bond donors (Lipinski definition) is 1. The number of aromatic nitrogens is 1. The Kier molecular flexibility index (Phi) is 5.13. The summed E-state index contributed by atoms with van der Waals surface area (Å²) in [4.78, 5) is 6.73. The van der Waals surface area contributed by atoms with Crippen LogP contribution in [0, 0.1) is 0 Å². The average Bonchev–Trinajstić information content (AvgIpc) is 2.58. The molecule has 1 aliphatic heterocycles. The zero-order valence-corrected chi connectivity index (χ0v) is 13.9. The molecule has 0 amide bonds. The predicted molar refractivity (Wildman–Crippen MR) is 90.8 cm³/mol. The standard InChI is InChI=1S/C18H20F3N3O/c1-22-9-11-24-10-3-6-16-15(7-8-23-17(16)24)13-4-2-5-14(12-13)25-18(19,20)21/h2,4-5,7-8,12,22H,3,6,9-11H2,1H3. The fraction of sp³-hybridized carbons (Fsp3) is 0.389. The molecule has 0 fully saturated rings. The number of ether oxygens (including phenoxy) is 1. The number of hydrogen-bond acceptors (Lipinski definition) is 4. The molecule has 0 saturated heterocycles. The van der Waals surface area contributed by atoms with Gasteiger partial charge in [-0.15, -0.1) is 13.2 Å². The minimum atomic E-state index is -4.69. The minimum Gasteiger partial charge on any atom is -0.406 e. The van der Waals surface area contributed by atoms with Gasteiger partial charge in [0.25, 0.3) is 0 Å². The lowest BCUT2D eigenvalue weighted by Gasteiger charge is -2.31. The first-order chi connectivity index (χ1) is 12.0. The quantitative estimate of drug-likeness (QED) is 0.893. The first-order valence-electron chi connectivity index (χ1n) is 8.21. The van der Waals surface area contributed by atoms with Crippen LogP contribution in [-0.4, -0.2) is 38.0 Å². The van der Waals surface area contributed by atoms with Gasteiger partial charge in [0.05, 0.1) is 0 Å². The lowest BCUT2D eigenvalue weighted by Crippen LogP contribution is -2.35. The number of nitrogens with one attached hydrogen (secondary N) is 1. The van der Waals surface area contributed by atoms with Gasteiger partial charge in [0.15, 0.2) is 0 Å². The van der Waals surface area contributed by atoms with Gasteiger partial charge in [-0.05, 0) is 49.2 Å². The van der Waals surface area contributed by atoms with Crippen LogP contribution in [0.1, 0.15) is 12.0 Å². The van der Waals surface area contributed by atoms with Crippen LogP contribution in [0.2, 0.25) is 0 Å². The molecule has 0 unspecified atom stereocenters. The third-order valence-electron chi connectivity index (χ3n) is 4.20. The Hall–Kier alpha value is -2.28. The van der Waals surface area contributed by atoms with E-state index in [-0.39, 0.29) is 5.75 Å². The molecule has 0 radical (unpaired) electrons. The lowest BCUT2D eigenvalue weighted by atomic mass is 9.95. The second kappa shape index (κ2) is 7.31. The Morgan fingerprint density at radius 1 is 1.28 bits per heavy atom. The van der Waals surface area contributed by atoms with Gasteiger partial charge in [0.2, 0.25) is 0 Å². The van der Waals surface area contributed by atoms with E-state index in [1.165, 1.54) is 12.1 Å². The van der Waals surface area contributed by atoms with Crippen molar-refractivity contribution in [3.05, 3.63) is 42.1 Å². The number of anilines is 1. The van der Waals surface area contributed by atoms with Crippen LogP contribution >= 0.6 is 0 Å². The van der Waals surface area contributed by atoms with E-state index in [4.69, 9.17) is 0 Å². The molecule has 134 valence electrons. The van der Waals surface area contributed by atoms with Crippen molar-refractivity contribution in [3.8, 4) is 16.9 Å². The SMILES string of the molecule is CNCCN1CCCc2c(-c3cccc(OC(F)(F)F)c3)ccnc21. The number of nitrogens with zero attached hydrogens (tertiary/aromatic N) is 2. The van der Waals surface area contributed by atoms with E-state index in [2.05, 4.69) is 19.9 Å². The summed E-state index contributed by atoms with van der Waals surface area (Å²) in [6, 6.07) is 7.96. The first-order valence-corrected chi connectivity index (χ1v) is 8.21. The third-order valence-corrected chi connectivity index (χ3v) is 4.20. The van der Waals surface area contributed by atoms with Gasteiger partial charge in [0, 0.05) is 31.4 Å². The highest BCUT2D eigenvalue weighted by atomic mass is 19.4. The van der Waals surface area contributed by atoms with Crippen molar-refractivity contribution in [1.82, 2.24) is 10.3 Å². The van der Waals surface area contributed by atoms with E-state index in [1.54, 1.807) is 18.3 Å². The molecule has 1 aliphatic rings. The summed E-state index contributed by atoms with van der Waals surface area (Å²) in [6.45, 7) is 2.62. The molecule has 0 saturated carbocycles. The molecule has 4 nitrogen and oxygen atoms in total. The molecule has 1 aromatic heterocycles. The maximum absolute atomic E-state index is 12.5. The maximum atomic E-state index is 12.5. The molecule has 1 N–H and O–H groups in total. The van der Waals surface area contributed by atoms with E-state index in [0.717, 1.165) is 49.4 Å². The highest BCUT2D eigenvalue weighted by Crippen LogP contribution is 2.35. The maximum Gasteiger partial charge on any atom is 0.573 e. The van der Waals surface area contributed by atoms with E-state index < -0.39 is 6.36 Å². The zero-order chi connectivity index (χ0) is 17.9. The fourth-order valence-electron chi connectivity index (χ4n) is 3.15. The van der Waals surface area contributed by atoms with Crippen molar-refractivity contribution >= 4 is 5.82 Å². The molecule has 25 heavy (non-hydrogen) atoms. The van der Waals surface area contributed by atoms with Gasteiger partial charge in [-0.25, -0.2) is 4.98 Å². The summed E-state index contributed by atoms with van der Waals surface area (Å²) in [5.74, 6) is 0.708. The molecule has 2 heterocycles. The Labute approximate surface area is 144 Å². The molecule has 7 heteroatoms. The molecular formula is C18H20F3N3O. The summed E-state index contributed by atoms with van der Waals surface area (Å²) in [5.41, 5.74) is 2.69. The minimum absolute atomic E-state index is 0.210. The zero-order valence-electron chi connectivity index (χ0n) is 13.9. The van der Waals surface area contributed by atoms with Crippen LogP contribution in [-0.2, 0) is 6.42 Å². The van der Waals surface area contributed by atoms with Crippen molar-refractivity contribution in [2.75, 3.05) is 31.6 Å². The van der Waals surface area contributed by atoms with E-state index in [0.29, 0.717) is 5.56 Å². The Morgan fingerprint density at radius 2 is 2.12 bits per heavy atom. The topological polar surface area (TPSA) is 37.4 Å². The van der Waals surface area contributed by atoms with Gasteiger partial charge >= 0.3 is 6.36 Å². The van der Waals surface area contributed by atoms with Gasteiger partial charge in [0.1, 0.15) is 11.6 Å². The number of alkyl halides is 3. The summed E-state index contributed by atoms with van der Waals surface area (Å²) >= 11 is 0. The fourth-order valence-corrected chi connectivity index (χ4v) is 3.15. The van der Waals surface area contributed by atoms with E-state index in [1.807, 2.05) is 13.1 Å². The van der Waals surface area contributed by atoms with E-state index >= 15 is 0 Å². The van der Waals surface area contributed by atoms with Crippen molar-refractivity contribution in [1.29, 1.82) is 0 Å².